The zero-order valence-corrected chi connectivity index (χ0v) is 10.8. The van der Waals surface area contributed by atoms with Crippen molar-refractivity contribution in [2.24, 2.45) is 0 Å². The van der Waals surface area contributed by atoms with E-state index < -0.39 is 0 Å². The molecule has 2 atom stereocenters. The van der Waals surface area contributed by atoms with E-state index in [1.165, 1.54) is 10.5 Å². The first kappa shape index (κ1) is 12.2. The standard InChI is InChI=1S/C12H16ClNOS/c1-8(7-15)14-11-4-5-16-12-3-2-9(13)6-10(11)12/h2-3,6,8,11,14-15H,4-5,7H2,1H3. The van der Waals surface area contributed by atoms with E-state index in [1.54, 1.807) is 0 Å². The molecular weight excluding hydrogens is 242 g/mol. The number of rotatable bonds is 3. The van der Waals surface area contributed by atoms with E-state index in [0.29, 0.717) is 6.04 Å². The summed E-state index contributed by atoms with van der Waals surface area (Å²) in [5.41, 5.74) is 1.27. The van der Waals surface area contributed by atoms with Crippen LogP contribution in [-0.4, -0.2) is 23.5 Å². The first-order valence-corrected chi connectivity index (χ1v) is 6.86. The fraction of sp³-hybridized carbons (Fsp3) is 0.500. The smallest absolute Gasteiger partial charge is 0.0582 e. The minimum Gasteiger partial charge on any atom is -0.395 e. The van der Waals surface area contributed by atoms with E-state index in [1.807, 2.05) is 30.8 Å². The molecule has 1 aromatic carbocycles. The normalized spacial score (nSPS) is 21.6. The van der Waals surface area contributed by atoms with Gasteiger partial charge < -0.3 is 10.4 Å². The lowest BCUT2D eigenvalue weighted by atomic mass is 10.0. The molecule has 2 unspecified atom stereocenters. The topological polar surface area (TPSA) is 32.3 Å². The predicted molar refractivity (Wildman–Crippen MR) is 69.2 cm³/mol. The van der Waals surface area contributed by atoms with Gasteiger partial charge in [0.1, 0.15) is 0 Å². The summed E-state index contributed by atoms with van der Waals surface area (Å²) in [6.45, 7) is 2.16. The first-order chi connectivity index (χ1) is 7.70. The van der Waals surface area contributed by atoms with Crippen LogP contribution in [0.3, 0.4) is 0 Å². The van der Waals surface area contributed by atoms with Gasteiger partial charge in [0.05, 0.1) is 6.61 Å². The number of hydrogen-bond donors (Lipinski definition) is 2. The van der Waals surface area contributed by atoms with E-state index >= 15 is 0 Å². The molecule has 2 nitrogen and oxygen atoms in total. The summed E-state index contributed by atoms with van der Waals surface area (Å²) in [7, 11) is 0. The van der Waals surface area contributed by atoms with Crippen molar-refractivity contribution < 1.29 is 5.11 Å². The van der Waals surface area contributed by atoms with Gasteiger partial charge in [-0.25, -0.2) is 0 Å². The summed E-state index contributed by atoms with van der Waals surface area (Å²) in [6.07, 6.45) is 1.09. The Balaban J connectivity index is 2.21. The molecule has 0 bridgehead atoms. The highest BCUT2D eigenvalue weighted by atomic mass is 35.5. The molecule has 1 heterocycles. The van der Waals surface area contributed by atoms with E-state index in [2.05, 4.69) is 11.4 Å². The van der Waals surface area contributed by atoms with Crippen molar-refractivity contribution in [3.63, 3.8) is 0 Å². The van der Waals surface area contributed by atoms with Gasteiger partial charge in [-0.2, -0.15) is 0 Å². The quantitative estimate of drug-likeness (QED) is 0.874. The molecule has 1 aliphatic rings. The van der Waals surface area contributed by atoms with Crippen molar-refractivity contribution in [2.45, 2.75) is 30.3 Å². The summed E-state index contributed by atoms with van der Waals surface area (Å²) >= 11 is 7.90. The van der Waals surface area contributed by atoms with Crippen molar-refractivity contribution in [3.05, 3.63) is 28.8 Å². The maximum atomic E-state index is 9.07. The lowest BCUT2D eigenvalue weighted by molar-refractivity contribution is 0.239. The van der Waals surface area contributed by atoms with Crippen LogP contribution in [0.1, 0.15) is 24.9 Å². The number of hydrogen-bond acceptors (Lipinski definition) is 3. The van der Waals surface area contributed by atoms with E-state index in [-0.39, 0.29) is 12.6 Å². The highest BCUT2D eigenvalue weighted by molar-refractivity contribution is 7.99. The number of fused-ring (bicyclic) bond motifs is 1. The van der Waals surface area contributed by atoms with Gasteiger partial charge in [-0.3, -0.25) is 0 Å². The van der Waals surface area contributed by atoms with E-state index in [0.717, 1.165) is 17.2 Å². The highest BCUT2D eigenvalue weighted by Crippen LogP contribution is 2.37. The van der Waals surface area contributed by atoms with Gasteiger partial charge >= 0.3 is 0 Å². The fourth-order valence-corrected chi connectivity index (χ4v) is 3.22. The second-order valence-corrected chi connectivity index (χ2v) is 5.70. The number of thioether (sulfide) groups is 1. The largest absolute Gasteiger partial charge is 0.395 e. The third kappa shape index (κ3) is 2.72. The summed E-state index contributed by atoms with van der Waals surface area (Å²) < 4.78 is 0. The Labute approximate surface area is 105 Å². The number of aliphatic hydroxyl groups excluding tert-OH is 1. The third-order valence-electron chi connectivity index (χ3n) is 2.77. The van der Waals surface area contributed by atoms with Crippen molar-refractivity contribution in [3.8, 4) is 0 Å². The molecule has 0 spiro atoms. The van der Waals surface area contributed by atoms with Crippen molar-refractivity contribution in [1.82, 2.24) is 5.32 Å². The molecule has 16 heavy (non-hydrogen) atoms. The summed E-state index contributed by atoms with van der Waals surface area (Å²) in [5, 5.41) is 13.3. The number of aliphatic hydroxyl groups is 1. The van der Waals surface area contributed by atoms with Gasteiger partial charge in [0.25, 0.3) is 0 Å². The molecule has 0 amide bonds. The maximum Gasteiger partial charge on any atom is 0.0582 e. The fourth-order valence-electron chi connectivity index (χ4n) is 1.93. The minimum atomic E-state index is 0.125. The molecule has 88 valence electrons. The Hall–Kier alpha value is -0.220. The van der Waals surface area contributed by atoms with Crippen molar-refractivity contribution >= 4 is 23.4 Å². The molecule has 0 saturated heterocycles. The zero-order valence-electron chi connectivity index (χ0n) is 9.24. The Bertz CT molecular complexity index is 372. The molecule has 1 aliphatic heterocycles. The van der Waals surface area contributed by atoms with Crippen LogP contribution in [-0.2, 0) is 0 Å². The monoisotopic (exact) mass is 257 g/mol. The SMILES string of the molecule is CC(CO)NC1CCSc2ccc(Cl)cc21. The third-order valence-corrected chi connectivity index (χ3v) is 4.13. The molecule has 4 heteroatoms. The summed E-state index contributed by atoms with van der Waals surface area (Å²) in [6, 6.07) is 6.49. The highest BCUT2D eigenvalue weighted by Gasteiger charge is 2.21. The lowest BCUT2D eigenvalue weighted by Gasteiger charge is -2.28. The van der Waals surface area contributed by atoms with Crippen LogP contribution in [0.4, 0.5) is 0 Å². The van der Waals surface area contributed by atoms with Gasteiger partial charge in [-0.15, -0.1) is 11.8 Å². The van der Waals surface area contributed by atoms with Crippen LogP contribution in [0.25, 0.3) is 0 Å². The Kier molecular flexibility index (Phi) is 4.14. The number of halogens is 1. The Morgan fingerprint density at radius 1 is 1.62 bits per heavy atom. The molecule has 0 radical (unpaired) electrons. The van der Waals surface area contributed by atoms with Crippen LogP contribution < -0.4 is 5.32 Å². The average molecular weight is 258 g/mol. The van der Waals surface area contributed by atoms with Crippen LogP contribution in [0.2, 0.25) is 5.02 Å². The minimum absolute atomic E-state index is 0.125. The van der Waals surface area contributed by atoms with E-state index in [9.17, 15) is 0 Å². The molecule has 0 saturated carbocycles. The summed E-state index contributed by atoms with van der Waals surface area (Å²) in [4.78, 5) is 1.30. The number of benzene rings is 1. The van der Waals surface area contributed by atoms with Crippen molar-refractivity contribution in [1.29, 1.82) is 0 Å². The Morgan fingerprint density at radius 2 is 2.44 bits per heavy atom. The molecular formula is C12H16ClNOS. The summed E-state index contributed by atoms with van der Waals surface area (Å²) in [5.74, 6) is 1.12. The lowest BCUT2D eigenvalue weighted by Crippen LogP contribution is -2.34. The maximum absolute atomic E-state index is 9.07. The first-order valence-electron chi connectivity index (χ1n) is 5.50. The van der Waals surface area contributed by atoms with Gasteiger partial charge in [0, 0.05) is 22.0 Å². The second kappa shape index (κ2) is 5.41. The predicted octanol–water partition coefficient (Wildman–Crippen LogP) is 2.85. The Morgan fingerprint density at radius 3 is 3.19 bits per heavy atom. The van der Waals surface area contributed by atoms with E-state index in [4.69, 9.17) is 16.7 Å². The molecule has 2 rings (SSSR count). The van der Waals surface area contributed by atoms with Crippen LogP contribution in [0, 0.1) is 0 Å². The van der Waals surface area contributed by atoms with Crippen LogP contribution in [0.15, 0.2) is 23.1 Å². The van der Waals surface area contributed by atoms with Gasteiger partial charge in [0.15, 0.2) is 0 Å². The van der Waals surface area contributed by atoms with Gasteiger partial charge in [-0.1, -0.05) is 11.6 Å². The second-order valence-electron chi connectivity index (χ2n) is 4.12. The number of nitrogens with one attached hydrogen (secondary N) is 1. The van der Waals surface area contributed by atoms with Crippen molar-refractivity contribution in [2.75, 3.05) is 12.4 Å². The molecule has 1 aromatic rings. The molecule has 0 aromatic heterocycles. The van der Waals surface area contributed by atoms with Crippen LogP contribution >= 0.6 is 23.4 Å². The zero-order chi connectivity index (χ0) is 11.5. The average Bonchev–Trinajstić information content (AvgIpc) is 2.29. The van der Waals surface area contributed by atoms with Gasteiger partial charge in [0.2, 0.25) is 0 Å². The van der Waals surface area contributed by atoms with Crippen LogP contribution in [0.5, 0.6) is 0 Å². The molecule has 0 aliphatic carbocycles. The van der Waals surface area contributed by atoms with Gasteiger partial charge in [-0.05, 0) is 42.9 Å². The molecule has 0 fully saturated rings. The molecule has 2 N–H and O–H groups in total.